The zero-order valence-electron chi connectivity index (χ0n) is 11.0. The standard InChI is InChI=1S/C12H20ClN3O2/c1-4-9(8(2)3)15-10-7-14-16(5-6-17)12(18)11(10)13/h7-9,15,17H,4-6H2,1-3H3. The van der Waals surface area contributed by atoms with Crippen molar-refractivity contribution in [3.8, 4) is 0 Å². The van der Waals surface area contributed by atoms with Crippen LogP contribution >= 0.6 is 11.6 Å². The number of rotatable bonds is 6. The van der Waals surface area contributed by atoms with Gasteiger partial charge in [-0.2, -0.15) is 5.10 Å². The summed E-state index contributed by atoms with van der Waals surface area (Å²) in [6.45, 7) is 6.30. The third-order valence-electron chi connectivity index (χ3n) is 2.88. The van der Waals surface area contributed by atoms with Gasteiger partial charge in [0.25, 0.3) is 5.56 Å². The van der Waals surface area contributed by atoms with Gasteiger partial charge in [-0.25, -0.2) is 4.68 Å². The molecular weight excluding hydrogens is 254 g/mol. The minimum Gasteiger partial charge on any atom is -0.394 e. The molecule has 2 N–H and O–H groups in total. The van der Waals surface area contributed by atoms with E-state index in [1.54, 1.807) is 0 Å². The Morgan fingerprint density at radius 2 is 2.22 bits per heavy atom. The van der Waals surface area contributed by atoms with Crippen LogP contribution in [0.15, 0.2) is 11.0 Å². The van der Waals surface area contributed by atoms with E-state index >= 15 is 0 Å². The van der Waals surface area contributed by atoms with Gasteiger partial charge in [0.1, 0.15) is 5.02 Å². The van der Waals surface area contributed by atoms with Crippen LogP contribution in [0.3, 0.4) is 0 Å². The Kier molecular flexibility index (Phi) is 5.62. The highest BCUT2D eigenvalue weighted by molar-refractivity contribution is 6.32. The maximum Gasteiger partial charge on any atom is 0.287 e. The van der Waals surface area contributed by atoms with Crippen molar-refractivity contribution in [2.45, 2.75) is 39.8 Å². The fraction of sp³-hybridized carbons (Fsp3) is 0.667. The van der Waals surface area contributed by atoms with E-state index in [2.05, 4.69) is 31.2 Å². The second-order valence-electron chi connectivity index (χ2n) is 4.53. The quantitative estimate of drug-likeness (QED) is 0.828. The van der Waals surface area contributed by atoms with Gasteiger partial charge in [-0.05, 0) is 12.3 Å². The van der Waals surface area contributed by atoms with Crippen LogP contribution in [0.25, 0.3) is 0 Å². The molecule has 0 bridgehead atoms. The number of nitrogens with zero attached hydrogens (tertiary/aromatic N) is 2. The highest BCUT2D eigenvalue weighted by Crippen LogP contribution is 2.19. The van der Waals surface area contributed by atoms with Gasteiger partial charge < -0.3 is 10.4 Å². The van der Waals surface area contributed by atoms with Gasteiger partial charge in [0.05, 0.1) is 25.0 Å². The van der Waals surface area contributed by atoms with Gasteiger partial charge in [-0.3, -0.25) is 4.79 Å². The molecule has 1 unspecified atom stereocenters. The Labute approximate surface area is 112 Å². The molecule has 0 fully saturated rings. The fourth-order valence-electron chi connectivity index (χ4n) is 1.76. The van der Waals surface area contributed by atoms with Gasteiger partial charge in [-0.1, -0.05) is 32.4 Å². The zero-order valence-corrected chi connectivity index (χ0v) is 11.7. The van der Waals surface area contributed by atoms with Crippen LogP contribution in [0, 0.1) is 5.92 Å². The van der Waals surface area contributed by atoms with Crippen LogP contribution in [0.5, 0.6) is 0 Å². The average Bonchev–Trinajstić information content (AvgIpc) is 2.34. The molecular formula is C12H20ClN3O2. The van der Waals surface area contributed by atoms with Crippen molar-refractivity contribution in [1.29, 1.82) is 0 Å². The van der Waals surface area contributed by atoms with E-state index in [0.29, 0.717) is 11.6 Å². The topological polar surface area (TPSA) is 67.2 Å². The molecule has 0 aliphatic heterocycles. The summed E-state index contributed by atoms with van der Waals surface area (Å²) in [6, 6.07) is 0.248. The summed E-state index contributed by atoms with van der Waals surface area (Å²) < 4.78 is 1.16. The van der Waals surface area contributed by atoms with Crippen molar-refractivity contribution in [1.82, 2.24) is 9.78 Å². The Hall–Kier alpha value is -1.07. The molecule has 6 heteroatoms. The first-order chi connectivity index (χ1) is 8.51. The number of halogens is 1. The molecule has 102 valence electrons. The van der Waals surface area contributed by atoms with E-state index in [1.807, 2.05) is 0 Å². The molecule has 0 saturated carbocycles. The van der Waals surface area contributed by atoms with E-state index in [4.69, 9.17) is 16.7 Å². The van der Waals surface area contributed by atoms with Crippen molar-refractivity contribution in [2.75, 3.05) is 11.9 Å². The number of hydrogen-bond donors (Lipinski definition) is 2. The first-order valence-electron chi connectivity index (χ1n) is 6.14. The molecule has 18 heavy (non-hydrogen) atoms. The average molecular weight is 274 g/mol. The van der Waals surface area contributed by atoms with Gasteiger partial charge in [-0.15, -0.1) is 0 Å². The van der Waals surface area contributed by atoms with E-state index in [9.17, 15) is 4.79 Å². The lowest BCUT2D eigenvalue weighted by Crippen LogP contribution is -2.29. The second-order valence-corrected chi connectivity index (χ2v) is 4.91. The lowest BCUT2D eigenvalue weighted by Gasteiger charge is -2.22. The van der Waals surface area contributed by atoms with E-state index in [0.717, 1.165) is 11.1 Å². The largest absolute Gasteiger partial charge is 0.394 e. The SMILES string of the molecule is CCC(Nc1cnn(CCO)c(=O)c1Cl)C(C)C. The van der Waals surface area contributed by atoms with Gasteiger partial charge >= 0.3 is 0 Å². The van der Waals surface area contributed by atoms with Crippen LogP contribution in [0.2, 0.25) is 5.02 Å². The predicted octanol–water partition coefficient (Wildman–Crippen LogP) is 1.74. The highest BCUT2D eigenvalue weighted by atomic mass is 35.5. The molecule has 1 aromatic heterocycles. The highest BCUT2D eigenvalue weighted by Gasteiger charge is 2.15. The molecule has 5 nitrogen and oxygen atoms in total. The molecule has 1 rings (SSSR count). The van der Waals surface area contributed by atoms with Gasteiger partial charge in [0.2, 0.25) is 0 Å². The molecule has 0 radical (unpaired) electrons. The van der Waals surface area contributed by atoms with Crippen molar-refractivity contribution in [3.63, 3.8) is 0 Å². The second kappa shape index (κ2) is 6.75. The predicted molar refractivity (Wildman–Crippen MR) is 73.1 cm³/mol. The Balaban J connectivity index is 2.98. The number of aromatic nitrogens is 2. The van der Waals surface area contributed by atoms with Crippen LogP contribution in [0.1, 0.15) is 27.2 Å². The lowest BCUT2D eigenvalue weighted by molar-refractivity contribution is 0.266. The first kappa shape index (κ1) is 15.0. The smallest absolute Gasteiger partial charge is 0.287 e. The zero-order chi connectivity index (χ0) is 13.7. The number of nitrogens with one attached hydrogen (secondary N) is 1. The molecule has 0 aromatic carbocycles. The van der Waals surface area contributed by atoms with Crippen LogP contribution in [0.4, 0.5) is 5.69 Å². The molecule has 1 atom stereocenters. The van der Waals surface area contributed by atoms with Crippen molar-refractivity contribution in [2.24, 2.45) is 5.92 Å². The maximum atomic E-state index is 11.8. The molecule has 0 spiro atoms. The van der Waals surface area contributed by atoms with Crippen LogP contribution in [-0.4, -0.2) is 27.5 Å². The lowest BCUT2D eigenvalue weighted by atomic mass is 10.0. The number of hydrogen-bond acceptors (Lipinski definition) is 4. The van der Waals surface area contributed by atoms with E-state index in [1.165, 1.54) is 6.20 Å². The number of aliphatic hydroxyl groups excluding tert-OH is 1. The van der Waals surface area contributed by atoms with Crippen LogP contribution < -0.4 is 10.9 Å². The molecule has 0 saturated heterocycles. The summed E-state index contributed by atoms with van der Waals surface area (Å²) in [7, 11) is 0. The third kappa shape index (κ3) is 3.46. The van der Waals surface area contributed by atoms with Crippen molar-refractivity contribution in [3.05, 3.63) is 21.6 Å². The van der Waals surface area contributed by atoms with E-state index in [-0.39, 0.29) is 29.8 Å². The summed E-state index contributed by atoms with van der Waals surface area (Å²) in [5.74, 6) is 0.436. The van der Waals surface area contributed by atoms with Gasteiger partial charge in [0, 0.05) is 6.04 Å². The summed E-state index contributed by atoms with van der Waals surface area (Å²) in [6.07, 6.45) is 2.47. The Bertz CT molecular complexity index is 445. The number of anilines is 1. The minimum atomic E-state index is -0.380. The number of aliphatic hydroxyl groups is 1. The fourth-order valence-corrected chi connectivity index (χ4v) is 1.96. The summed E-state index contributed by atoms with van der Waals surface area (Å²) in [5.41, 5.74) is 0.172. The summed E-state index contributed by atoms with van der Waals surface area (Å²) in [4.78, 5) is 11.8. The first-order valence-corrected chi connectivity index (χ1v) is 6.52. The normalized spacial score (nSPS) is 12.8. The molecule has 0 aliphatic carbocycles. The van der Waals surface area contributed by atoms with E-state index < -0.39 is 0 Å². The molecule has 1 heterocycles. The van der Waals surface area contributed by atoms with Crippen molar-refractivity contribution < 1.29 is 5.11 Å². The monoisotopic (exact) mass is 273 g/mol. The third-order valence-corrected chi connectivity index (χ3v) is 3.25. The summed E-state index contributed by atoms with van der Waals surface area (Å²) in [5, 5.41) is 16.1. The molecule has 0 aliphatic rings. The van der Waals surface area contributed by atoms with Gasteiger partial charge in [0.15, 0.2) is 0 Å². The minimum absolute atomic E-state index is 0.123. The Morgan fingerprint density at radius 1 is 1.56 bits per heavy atom. The Morgan fingerprint density at radius 3 is 2.72 bits per heavy atom. The summed E-state index contributed by atoms with van der Waals surface area (Å²) >= 11 is 6.02. The maximum absolute atomic E-state index is 11.8. The van der Waals surface area contributed by atoms with Crippen molar-refractivity contribution >= 4 is 17.3 Å². The molecule has 0 amide bonds. The molecule has 1 aromatic rings. The van der Waals surface area contributed by atoms with Crippen LogP contribution in [-0.2, 0) is 6.54 Å².